The summed E-state index contributed by atoms with van der Waals surface area (Å²) in [5.74, 6) is -2.29. The molecule has 0 aliphatic carbocycles. The molecule has 4 N–H and O–H groups in total. The molecule has 1 unspecified atom stereocenters. The molecule has 0 fully saturated rings. The van der Waals surface area contributed by atoms with Gasteiger partial charge in [0.05, 0.1) is 18.0 Å². The van der Waals surface area contributed by atoms with Crippen LogP contribution in [-0.2, 0) is 9.59 Å². The monoisotopic (exact) mass is 377 g/mol. The molecule has 25 heavy (non-hydrogen) atoms. The first-order valence-corrected chi connectivity index (χ1v) is 8.00. The van der Waals surface area contributed by atoms with Crippen molar-refractivity contribution in [1.82, 2.24) is 10.6 Å². The Morgan fingerprint density at radius 3 is 2.28 bits per heavy atom. The molecule has 0 aromatic heterocycles. The van der Waals surface area contributed by atoms with E-state index in [1.54, 1.807) is 0 Å². The van der Waals surface area contributed by atoms with E-state index < -0.39 is 29.1 Å². The Kier molecular flexibility index (Phi) is 9.59. The summed E-state index contributed by atoms with van der Waals surface area (Å²) in [5, 5.41) is 5.41. The van der Waals surface area contributed by atoms with Crippen LogP contribution in [0.25, 0.3) is 0 Å². The molecule has 1 aromatic rings. The Labute approximate surface area is 153 Å². The summed E-state index contributed by atoms with van der Waals surface area (Å²) in [7, 11) is 0. The van der Waals surface area contributed by atoms with Crippen LogP contribution in [0.5, 0.6) is 0 Å². The molecule has 8 heteroatoms. The van der Waals surface area contributed by atoms with Crippen molar-refractivity contribution in [2.24, 2.45) is 5.73 Å². The lowest BCUT2D eigenvalue weighted by atomic mass is 9.92. The maximum Gasteiger partial charge on any atom is 0.222 e. The topological polar surface area (TPSA) is 84.2 Å². The number of benzene rings is 1. The van der Waals surface area contributed by atoms with Crippen LogP contribution < -0.4 is 16.4 Å². The summed E-state index contributed by atoms with van der Waals surface area (Å²) in [5.41, 5.74) is 5.29. The van der Waals surface area contributed by atoms with Crippen LogP contribution in [-0.4, -0.2) is 23.9 Å². The number of nitrogens with one attached hydrogen (secondary N) is 2. The highest BCUT2D eigenvalue weighted by Gasteiger charge is 2.28. The Balaban J connectivity index is 0.00000576. The third kappa shape index (κ3) is 6.59. The molecule has 142 valence electrons. The summed E-state index contributed by atoms with van der Waals surface area (Å²) in [6.45, 7) is 5.39. The van der Waals surface area contributed by atoms with Crippen molar-refractivity contribution in [3.8, 4) is 0 Å². The fraction of sp³-hybridized carbons (Fsp3) is 0.529. The zero-order valence-corrected chi connectivity index (χ0v) is 15.5. The Morgan fingerprint density at radius 2 is 1.84 bits per heavy atom. The molecule has 0 heterocycles. The van der Waals surface area contributed by atoms with Crippen molar-refractivity contribution < 1.29 is 18.4 Å². The predicted octanol–water partition coefficient (Wildman–Crippen LogP) is 2.59. The molecule has 2 amide bonds. The second-order valence-corrected chi connectivity index (χ2v) is 5.86. The van der Waals surface area contributed by atoms with E-state index in [0.29, 0.717) is 12.8 Å². The van der Waals surface area contributed by atoms with Gasteiger partial charge in [0.1, 0.15) is 11.6 Å². The minimum absolute atomic E-state index is 0. The zero-order chi connectivity index (χ0) is 18.3. The van der Waals surface area contributed by atoms with Crippen LogP contribution in [0.3, 0.4) is 0 Å². The second kappa shape index (κ2) is 10.3. The van der Waals surface area contributed by atoms with E-state index >= 15 is 0 Å². The SMILES string of the molecule is CCC(CC)(CN)NC(=O)CC(NC(C)=O)c1ccc(F)cc1F.Cl. The highest BCUT2D eigenvalue weighted by Crippen LogP contribution is 2.22. The van der Waals surface area contributed by atoms with Crippen molar-refractivity contribution in [2.45, 2.75) is 51.6 Å². The van der Waals surface area contributed by atoms with Gasteiger partial charge in [-0.05, 0) is 18.9 Å². The summed E-state index contributed by atoms with van der Waals surface area (Å²) in [6, 6.07) is 2.17. The number of hydrogen-bond acceptors (Lipinski definition) is 3. The smallest absolute Gasteiger partial charge is 0.222 e. The fourth-order valence-corrected chi connectivity index (χ4v) is 2.57. The van der Waals surface area contributed by atoms with Crippen molar-refractivity contribution in [1.29, 1.82) is 0 Å². The highest BCUT2D eigenvalue weighted by atomic mass is 35.5. The van der Waals surface area contributed by atoms with Gasteiger partial charge in [0.2, 0.25) is 11.8 Å². The second-order valence-electron chi connectivity index (χ2n) is 5.86. The van der Waals surface area contributed by atoms with Crippen molar-refractivity contribution >= 4 is 24.2 Å². The van der Waals surface area contributed by atoms with E-state index in [9.17, 15) is 18.4 Å². The van der Waals surface area contributed by atoms with Crippen LogP contribution in [0.4, 0.5) is 8.78 Å². The normalized spacial score (nSPS) is 12.1. The minimum atomic E-state index is -0.882. The molecule has 0 spiro atoms. The van der Waals surface area contributed by atoms with Gasteiger partial charge in [0.25, 0.3) is 0 Å². The van der Waals surface area contributed by atoms with Crippen LogP contribution in [0.2, 0.25) is 0 Å². The Hall–Kier alpha value is -1.73. The lowest BCUT2D eigenvalue weighted by Crippen LogP contribution is -2.53. The van der Waals surface area contributed by atoms with Gasteiger partial charge in [0.15, 0.2) is 0 Å². The van der Waals surface area contributed by atoms with E-state index in [4.69, 9.17) is 5.73 Å². The maximum absolute atomic E-state index is 14.0. The molecule has 1 rings (SSSR count). The lowest BCUT2D eigenvalue weighted by molar-refractivity contribution is -0.124. The van der Waals surface area contributed by atoms with Gasteiger partial charge < -0.3 is 16.4 Å². The first kappa shape index (κ1) is 23.3. The van der Waals surface area contributed by atoms with Crippen molar-refractivity contribution in [2.75, 3.05) is 6.54 Å². The summed E-state index contributed by atoms with van der Waals surface area (Å²) >= 11 is 0. The third-order valence-corrected chi connectivity index (χ3v) is 4.25. The van der Waals surface area contributed by atoms with E-state index in [2.05, 4.69) is 10.6 Å². The van der Waals surface area contributed by atoms with E-state index in [1.165, 1.54) is 13.0 Å². The van der Waals surface area contributed by atoms with Gasteiger partial charge in [-0.3, -0.25) is 9.59 Å². The first-order valence-electron chi connectivity index (χ1n) is 8.00. The molecule has 0 aliphatic rings. The van der Waals surface area contributed by atoms with Crippen LogP contribution in [0, 0.1) is 11.6 Å². The Bertz CT molecular complexity index is 587. The number of carbonyl (C=O) groups is 2. The van der Waals surface area contributed by atoms with Gasteiger partial charge in [-0.2, -0.15) is 0 Å². The summed E-state index contributed by atoms with van der Waals surface area (Å²) in [6.07, 6.45) is 1.15. The molecule has 5 nitrogen and oxygen atoms in total. The van der Waals surface area contributed by atoms with Crippen molar-refractivity contribution in [3.05, 3.63) is 35.4 Å². The number of hydrogen-bond donors (Lipinski definition) is 3. The fourth-order valence-electron chi connectivity index (χ4n) is 2.57. The summed E-state index contributed by atoms with van der Waals surface area (Å²) < 4.78 is 27.1. The average molecular weight is 378 g/mol. The molecular weight excluding hydrogens is 352 g/mol. The molecule has 0 saturated carbocycles. The van der Waals surface area contributed by atoms with Gasteiger partial charge in [0, 0.05) is 25.1 Å². The third-order valence-electron chi connectivity index (χ3n) is 4.25. The first-order chi connectivity index (χ1) is 11.3. The van der Waals surface area contributed by atoms with E-state index in [-0.39, 0.29) is 36.8 Å². The number of rotatable bonds is 8. The summed E-state index contributed by atoms with van der Waals surface area (Å²) in [4.78, 5) is 23.7. The standard InChI is InChI=1S/C17H25F2N3O2.ClH/c1-4-17(5-2,10-20)22-16(24)9-15(21-11(3)23)13-7-6-12(18)8-14(13)19;/h6-8,15H,4-5,9-10,20H2,1-3H3,(H,21,23)(H,22,24);1H. The number of carbonyl (C=O) groups excluding carboxylic acids is 2. The molecule has 1 atom stereocenters. The molecule has 0 bridgehead atoms. The number of nitrogens with two attached hydrogens (primary N) is 1. The number of amides is 2. The van der Waals surface area contributed by atoms with Crippen molar-refractivity contribution in [3.63, 3.8) is 0 Å². The molecule has 0 aliphatic heterocycles. The number of halogens is 3. The van der Waals surface area contributed by atoms with Crippen LogP contribution in [0.15, 0.2) is 18.2 Å². The van der Waals surface area contributed by atoms with E-state index in [0.717, 1.165) is 12.1 Å². The average Bonchev–Trinajstić information content (AvgIpc) is 2.51. The zero-order valence-electron chi connectivity index (χ0n) is 14.7. The molecule has 1 aromatic carbocycles. The maximum atomic E-state index is 14.0. The Morgan fingerprint density at radius 1 is 1.24 bits per heavy atom. The molecular formula is C17H26ClF2N3O2. The van der Waals surface area contributed by atoms with Gasteiger partial charge in [-0.15, -0.1) is 12.4 Å². The van der Waals surface area contributed by atoms with Gasteiger partial charge >= 0.3 is 0 Å². The molecule has 0 radical (unpaired) electrons. The predicted molar refractivity (Wildman–Crippen MR) is 95.3 cm³/mol. The largest absolute Gasteiger partial charge is 0.349 e. The highest BCUT2D eigenvalue weighted by molar-refractivity contribution is 5.85. The van der Waals surface area contributed by atoms with Gasteiger partial charge in [-0.25, -0.2) is 8.78 Å². The minimum Gasteiger partial charge on any atom is -0.349 e. The quantitative estimate of drug-likeness (QED) is 0.651. The van der Waals surface area contributed by atoms with Crippen LogP contribution >= 0.6 is 12.4 Å². The lowest BCUT2D eigenvalue weighted by Gasteiger charge is -2.32. The van der Waals surface area contributed by atoms with E-state index in [1.807, 2.05) is 13.8 Å². The van der Waals surface area contributed by atoms with Gasteiger partial charge in [-0.1, -0.05) is 19.9 Å². The molecule has 0 saturated heterocycles. The van der Waals surface area contributed by atoms with Crippen LogP contribution in [0.1, 0.15) is 51.6 Å².